The maximum atomic E-state index is 10.3. The lowest BCUT2D eigenvalue weighted by Gasteiger charge is -2.32. The first-order chi connectivity index (χ1) is 8.59. The zero-order valence-electron chi connectivity index (χ0n) is 12.9. The van der Waals surface area contributed by atoms with E-state index >= 15 is 0 Å². The molecular weight excluding hydrogens is 256 g/mol. The molecule has 0 aliphatic carbocycles. The van der Waals surface area contributed by atoms with Gasteiger partial charge in [0.15, 0.2) is 0 Å². The van der Waals surface area contributed by atoms with Crippen LogP contribution in [0.4, 0.5) is 0 Å². The van der Waals surface area contributed by atoms with Crippen LogP contribution in [0.5, 0.6) is 5.75 Å². The second-order valence-electron chi connectivity index (χ2n) is 6.90. The van der Waals surface area contributed by atoms with Crippen molar-refractivity contribution in [1.82, 2.24) is 0 Å². The van der Waals surface area contributed by atoms with Crippen molar-refractivity contribution in [1.29, 1.82) is 0 Å². The summed E-state index contributed by atoms with van der Waals surface area (Å²) in [5, 5.41) is 19.3. The summed E-state index contributed by atoms with van der Waals surface area (Å²) in [6.45, 7) is 13.0. The van der Waals surface area contributed by atoms with Crippen molar-refractivity contribution in [2.75, 3.05) is 12.4 Å². The minimum atomic E-state index is -0.109. The van der Waals surface area contributed by atoms with Crippen LogP contribution in [0.3, 0.4) is 0 Å². The topological polar surface area (TPSA) is 40.5 Å². The average molecular weight is 282 g/mol. The number of rotatable bonds is 3. The van der Waals surface area contributed by atoms with E-state index in [0.717, 1.165) is 10.5 Å². The first-order valence-electron chi connectivity index (χ1n) is 6.69. The number of aliphatic hydroxyl groups excluding tert-OH is 1. The zero-order chi connectivity index (χ0) is 14.8. The van der Waals surface area contributed by atoms with E-state index in [-0.39, 0.29) is 17.4 Å². The molecule has 0 aromatic heterocycles. The third kappa shape index (κ3) is 3.90. The molecular formula is C16H26O2S. The first kappa shape index (κ1) is 16.4. The lowest BCUT2D eigenvalue weighted by atomic mass is 9.75. The quantitative estimate of drug-likeness (QED) is 0.821. The highest BCUT2D eigenvalue weighted by atomic mass is 32.2. The lowest BCUT2D eigenvalue weighted by Crippen LogP contribution is -2.23. The van der Waals surface area contributed by atoms with Crippen molar-refractivity contribution in [3.05, 3.63) is 23.3 Å². The summed E-state index contributed by atoms with van der Waals surface area (Å²) in [4.78, 5) is 1.16. The van der Waals surface area contributed by atoms with Gasteiger partial charge in [-0.15, -0.1) is 11.8 Å². The molecule has 0 saturated heterocycles. The van der Waals surface area contributed by atoms with E-state index in [1.165, 1.54) is 5.56 Å². The predicted octanol–water partition coefficient (Wildman–Crippen LogP) is 4.07. The van der Waals surface area contributed by atoms with Crippen LogP contribution in [0.2, 0.25) is 0 Å². The van der Waals surface area contributed by atoms with Crippen molar-refractivity contribution in [2.45, 2.75) is 57.3 Å². The Kier molecular flexibility index (Phi) is 4.97. The standard InChI is InChI=1S/C16H26O2S/c1-15(2,3)13-11(18)7-8-12(19-10-9-17)14(13)16(4,5)6/h7-8,17-18H,9-10H2,1-6H3. The van der Waals surface area contributed by atoms with Crippen LogP contribution in [0.1, 0.15) is 52.7 Å². The molecule has 0 heterocycles. The second kappa shape index (κ2) is 5.76. The average Bonchev–Trinajstić information content (AvgIpc) is 2.24. The first-order valence-corrected chi connectivity index (χ1v) is 7.68. The summed E-state index contributed by atoms with van der Waals surface area (Å²) in [6, 6.07) is 3.74. The van der Waals surface area contributed by atoms with E-state index in [9.17, 15) is 5.11 Å². The van der Waals surface area contributed by atoms with E-state index < -0.39 is 0 Å². The SMILES string of the molecule is CC(C)(C)c1c(O)ccc(SCCO)c1C(C)(C)C. The third-order valence-corrected chi connectivity index (χ3v) is 4.03. The van der Waals surface area contributed by atoms with Crippen molar-refractivity contribution in [3.8, 4) is 5.75 Å². The molecule has 0 amide bonds. The van der Waals surface area contributed by atoms with Crippen LogP contribution in [0.25, 0.3) is 0 Å². The molecule has 1 aromatic carbocycles. The van der Waals surface area contributed by atoms with Crippen LogP contribution in [0, 0.1) is 0 Å². The summed E-state index contributed by atoms with van der Waals surface area (Å²) < 4.78 is 0. The number of benzene rings is 1. The van der Waals surface area contributed by atoms with Crippen LogP contribution in [0.15, 0.2) is 17.0 Å². The molecule has 0 radical (unpaired) electrons. The van der Waals surface area contributed by atoms with Crippen LogP contribution < -0.4 is 0 Å². The Morgan fingerprint density at radius 2 is 1.47 bits per heavy atom. The number of phenols is 1. The zero-order valence-corrected chi connectivity index (χ0v) is 13.7. The fourth-order valence-corrected chi connectivity index (χ4v) is 3.38. The fourth-order valence-electron chi connectivity index (χ4n) is 2.35. The summed E-state index contributed by atoms with van der Waals surface area (Å²) in [6.07, 6.45) is 0. The van der Waals surface area contributed by atoms with Gasteiger partial charge < -0.3 is 10.2 Å². The summed E-state index contributed by atoms with van der Waals surface area (Å²) in [5.74, 6) is 1.04. The summed E-state index contributed by atoms with van der Waals surface area (Å²) in [7, 11) is 0. The Hall–Kier alpha value is -0.670. The highest BCUT2D eigenvalue weighted by molar-refractivity contribution is 7.99. The van der Waals surface area contributed by atoms with E-state index in [0.29, 0.717) is 11.5 Å². The lowest BCUT2D eigenvalue weighted by molar-refractivity contribution is 0.322. The molecule has 1 aromatic rings. The molecule has 0 unspecified atom stereocenters. The van der Waals surface area contributed by atoms with Crippen molar-refractivity contribution in [2.24, 2.45) is 0 Å². The number of thioether (sulfide) groups is 1. The number of hydrogen-bond acceptors (Lipinski definition) is 3. The fraction of sp³-hybridized carbons (Fsp3) is 0.625. The van der Waals surface area contributed by atoms with E-state index in [1.54, 1.807) is 17.8 Å². The predicted molar refractivity (Wildman–Crippen MR) is 83.3 cm³/mol. The van der Waals surface area contributed by atoms with Gasteiger partial charge in [-0.2, -0.15) is 0 Å². The molecule has 2 N–H and O–H groups in total. The van der Waals surface area contributed by atoms with Crippen LogP contribution >= 0.6 is 11.8 Å². The maximum absolute atomic E-state index is 10.3. The highest BCUT2D eigenvalue weighted by Gasteiger charge is 2.30. The van der Waals surface area contributed by atoms with Crippen LogP contribution in [-0.2, 0) is 10.8 Å². The summed E-state index contributed by atoms with van der Waals surface area (Å²) >= 11 is 1.65. The Bertz CT molecular complexity index is 439. The van der Waals surface area contributed by atoms with Gasteiger partial charge in [-0.3, -0.25) is 0 Å². The van der Waals surface area contributed by atoms with Gasteiger partial charge in [0.2, 0.25) is 0 Å². The number of hydrogen-bond donors (Lipinski definition) is 2. The van der Waals surface area contributed by atoms with Crippen molar-refractivity contribution in [3.63, 3.8) is 0 Å². The van der Waals surface area contributed by atoms with Crippen molar-refractivity contribution >= 4 is 11.8 Å². The van der Waals surface area contributed by atoms with E-state index in [1.807, 2.05) is 6.07 Å². The minimum absolute atomic E-state index is 0.0425. The molecule has 2 nitrogen and oxygen atoms in total. The normalized spacial score (nSPS) is 12.8. The Morgan fingerprint density at radius 3 is 1.89 bits per heavy atom. The van der Waals surface area contributed by atoms with Gasteiger partial charge in [0.25, 0.3) is 0 Å². The molecule has 0 aliphatic rings. The molecule has 0 bridgehead atoms. The number of phenolic OH excluding ortho intramolecular Hbond substituents is 1. The molecule has 0 saturated carbocycles. The Labute approximate surface area is 121 Å². The number of aliphatic hydroxyl groups is 1. The molecule has 0 aliphatic heterocycles. The molecule has 108 valence electrons. The molecule has 3 heteroatoms. The molecule has 0 spiro atoms. The van der Waals surface area contributed by atoms with Gasteiger partial charge in [-0.1, -0.05) is 41.5 Å². The monoisotopic (exact) mass is 282 g/mol. The van der Waals surface area contributed by atoms with Gasteiger partial charge in [0.05, 0.1) is 6.61 Å². The van der Waals surface area contributed by atoms with Gasteiger partial charge in [0.1, 0.15) is 5.75 Å². The van der Waals surface area contributed by atoms with Gasteiger partial charge in [0, 0.05) is 16.2 Å². The third-order valence-electron chi connectivity index (χ3n) is 2.99. The molecule has 0 fully saturated rings. The van der Waals surface area contributed by atoms with Gasteiger partial charge in [-0.05, 0) is 28.5 Å². The molecule has 1 rings (SSSR count). The van der Waals surface area contributed by atoms with E-state index in [4.69, 9.17) is 5.11 Å². The molecule has 0 atom stereocenters. The minimum Gasteiger partial charge on any atom is -0.508 e. The Balaban J connectivity index is 3.52. The van der Waals surface area contributed by atoms with Gasteiger partial charge >= 0.3 is 0 Å². The Morgan fingerprint density at radius 1 is 0.947 bits per heavy atom. The van der Waals surface area contributed by atoms with E-state index in [2.05, 4.69) is 41.5 Å². The molecule has 19 heavy (non-hydrogen) atoms. The second-order valence-corrected chi connectivity index (χ2v) is 8.04. The smallest absolute Gasteiger partial charge is 0.119 e. The van der Waals surface area contributed by atoms with Crippen molar-refractivity contribution < 1.29 is 10.2 Å². The largest absolute Gasteiger partial charge is 0.508 e. The van der Waals surface area contributed by atoms with Crippen LogP contribution in [-0.4, -0.2) is 22.6 Å². The highest BCUT2D eigenvalue weighted by Crippen LogP contribution is 2.44. The summed E-state index contributed by atoms with van der Waals surface area (Å²) in [5.41, 5.74) is 2.06. The number of aromatic hydroxyl groups is 1. The van der Waals surface area contributed by atoms with Gasteiger partial charge in [-0.25, -0.2) is 0 Å². The maximum Gasteiger partial charge on any atom is 0.119 e.